The average Bonchev–Trinajstić information content (AvgIpc) is 3.59. The largest absolute Gasteiger partial charge is 0.378 e. The number of H-pyrrole nitrogens is 1. The van der Waals surface area contributed by atoms with E-state index in [-0.39, 0.29) is 57.4 Å². The molecule has 7 atom stereocenters. The maximum atomic E-state index is 13.7. The highest BCUT2D eigenvalue weighted by atomic mass is 32.2. The van der Waals surface area contributed by atoms with E-state index in [9.17, 15) is 18.8 Å². The van der Waals surface area contributed by atoms with Crippen LogP contribution in [0.5, 0.6) is 0 Å². The molecule has 0 radical (unpaired) electrons. The molecule has 2 bridgehead atoms. The van der Waals surface area contributed by atoms with Crippen LogP contribution in [0.3, 0.4) is 0 Å². The van der Waals surface area contributed by atoms with Crippen molar-refractivity contribution in [2.24, 2.45) is 29.6 Å². The van der Waals surface area contributed by atoms with E-state index >= 15 is 0 Å². The molecule has 4 aliphatic rings. The Bertz CT molecular complexity index is 1450. The van der Waals surface area contributed by atoms with Crippen molar-refractivity contribution in [3.63, 3.8) is 0 Å². The molecule has 7 rings (SSSR count). The van der Waals surface area contributed by atoms with Crippen LogP contribution >= 0.6 is 23.1 Å². The topological polar surface area (TPSA) is 73.5 Å². The van der Waals surface area contributed by atoms with E-state index < -0.39 is 5.82 Å². The molecule has 2 aromatic carbocycles. The normalized spacial score (nSPS) is 32.0. The lowest BCUT2D eigenvalue weighted by Gasteiger charge is -2.43. The highest BCUT2D eigenvalue weighted by Crippen LogP contribution is 2.68. The van der Waals surface area contributed by atoms with Crippen molar-refractivity contribution in [2.75, 3.05) is 23.9 Å². The zero-order chi connectivity index (χ0) is 24.9. The standard InChI is InChI=1S/C27H24FN3O3S2/c1-30(2)14-7-3-12(4-8-14)18-19-16-11-17(22(19)35-24-23(18)36-27(34)29-24)21-20(16)25(32)31(26(21)33)15-9-5-13(28)6-10-15/h3-10,16-22H,11H2,1-2H3,(H,29,34)/t16-,17+,18+,19-,20+,21-,22-/m1/s1. The third-order valence-electron chi connectivity index (χ3n) is 8.58. The molecular weight excluding hydrogens is 497 g/mol. The van der Waals surface area contributed by atoms with Crippen molar-refractivity contribution < 1.29 is 14.0 Å². The van der Waals surface area contributed by atoms with Crippen LogP contribution in [0.1, 0.15) is 22.8 Å². The van der Waals surface area contributed by atoms with Gasteiger partial charge in [-0.3, -0.25) is 19.3 Å². The minimum Gasteiger partial charge on any atom is -0.378 e. The van der Waals surface area contributed by atoms with E-state index in [4.69, 9.17) is 0 Å². The van der Waals surface area contributed by atoms with Crippen molar-refractivity contribution in [2.45, 2.75) is 22.6 Å². The molecule has 1 saturated heterocycles. The van der Waals surface area contributed by atoms with E-state index in [1.165, 1.54) is 40.5 Å². The third kappa shape index (κ3) is 2.99. The number of benzene rings is 2. The second-order valence-electron chi connectivity index (χ2n) is 10.4. The van der Waals surface area contributed by atoms with Crippen molar-refractivity contribution in [3.8, 4) is 0 Å². The average molecular weight is 522 g/mol. The van der Waals surface area contributed by atoms with Crippen LogP contribution in [-0.2, 0) is 9.59 Å². The number of thiazole rings is 1. The number of hydrogen-bond donors (Lipinski definition) is 1. The number of aromatic nitrogens is 1. The first-order chi connectivity index (χ1) is 17.3. The number of nitrogens with one attached hydrogen (secondary N) is 1. The minimum atomic E-state index is -0.399. The maximum Gasteiger partial charge on any atom is 0.305 e. The highest BCUT2D eigenvalue weighted by Gasteiger charge is 2.69. The van der Waals surface area contributed by atoms with Gasteiger partial charge in [0.25, 0.3) is 0 Å². The zero-order valence-electron chi connectivity index (χ0n) is 19.7. The van der Waals surface area contributed by atoms with Crippen molar-refractivity contribution >= 4 is 46.3 Å². The Morgan fingerprint density at radius 1 is 0.944 bits per heavy atom. The first-order valence-corrected chi connectivity index (χ1v) is 13.8. The van der Waals surface area contributed by atoms with Gasteiger partial charge in [0, 0.05) is 35.8 Å². The molecule has 6 nitrogen and oxygen atoms in total. The summed E-state index contributed by atoms with van der Waals surface area (Å²) in [5.74, 6) is -1.16. The first kappa shape index (κ1) is 22.3. The molecule has 3 fully saturated rings. The van der Waals surface area contributed by atoms with Gasteiger partial charge >= 0.3 is 4.87 Å². The number of halogens is 1. The van der Waals surface area contributed by atoms with Crippen molar-refractivity contribution in [3.05, 3.63) is 74.5 Å². The number of imide groups is 1. The summed E-state index contributed by atoms with van der Waals surface area (Å²) in [6.07, 6.45) is 0.845. The van der Waals surface area contributed by atoms with E-state index in [2.05, 4.69) is 34.1 Å². The maximum absolute atomic E-state index is 13.7. The first-order valence-electron chi connectivity index (χ1n) is 12.1. The lowest BCUT2D eigenvalue weighted by Crippen LogP contribution is -2.42. The van der Waals surface area contributed by atoms with Gasteiger partial charge in [0.15, 0.2) is 0 Å². The number of anilines is 2. The van der Waals surface area contributed by atoms with Gasteiger partial charge in [-0.15, -0.1) is 11.8 Å². The Morgan fingerprint density at radius 2 is 1.61 bits per heavy atom. The number of fused-ring (bicyclic) bond motifs is 9. The van der Waals surface area contributed by atoms with E-state index in [0.29, 0.717) is 5.69 Å². The molecular formula is C27H24FN3O3S2. The summed E-state index contributed by atoms with van der Waals surface area (Å²) in [6, 6.07) is 14.1. The van der Waals surface area contributed by atoms with Crippen LogP contribution in [0.15, 0.2) is 58.4 Å². The smallest absolute Gasteiger partial charge is 0.305 e. The van der Waals surface area contributed by atoms with Crippen LogP contribution in [0.2, 0.25) is 0 Å². The van der Waals surface area contributed by atoms with Crippen LogP contribution in [0, 0.1) is 35.4 Å². The lowest BCUT2D eigenvalue weighted by atomic mass is 9.68. The Labute approximate surface area is 215 Å². The van der Waals surface area contributed by atoms with Gasteiger partial charge in [-0.1, -0.05) is 23.5 Å². The van der Waals surface area contributed by atoms with Gasteiger partial charge in [-0.2, -0.15) is 0 Å². The summed E-state index contributed by atoms with van der Waals surface area (Å²) in [4.78, 5) is 47.1. The van der Waals surface area contributed by atoms with Gasteiger partial charge in [0.1, 0.15) is 5.82 Å². The summed E-state index contributed by atoms with van der Waals surface area (Å²) in [6.45, 7) is 0. The predicted octanol–water partition coefficient (Wildman–Crippen LogP) is 4.32. The number of carbonyl (C=O) groups is 2. The van der Waals surface area contributed by atoms with E-state index in [1.807, 2.05) is 14.1 Å². The van der Waals surface area contributed by atoms with Crippen molar-refractivity contribution in [1.82, 2.24) is 4.98 Å². The zero-order valence-corrected chi connectivity index (χ0v) is 21.3. The van der Waals surface area contributed by atoms with Gasteiger partial charge < -0.3 is 9.88 Å². The van der Waals surface area contributed by atoms with Crippen molar-refractivity contribution in [1.29, 1.82) is 0 Å². The molecule has 2 aliphatic heterocycles. The lowest BCUT2D eigenvalue weighted by molar-refractivity contribution is -0.123. The molecule has 0 unspecified atom stereocenters. The number of thioether (sulfide) groups is 1. The van der Waals surface area contributed by atoms with Gasteiger partial charge in [0.2, 0.25) is 11.8 Å². The Kier molecular flexibility index (Phi) is 4.83. The third-order valence-corrected chi connectivity index (χ3v) is 11.2. The molecule has 1 aromatic heterocycles. The van der Waals surface area contributed by atoms with Gasteiger partial charge in [-0.05, 0) is 66.1 Å². The second-order valence-corrected chi connectivity index (χ2v) is 12.6. The van der Waals surface area contributed by atoms with Gasteiger partial charge in [0.05, 0.1) is 22.5 Å². The fourth-order valence-electron chi connectivity index (χ4n) is 7.21. The van der Waals surface area contributed by atoms with Gasteiger partial charge in [-0.25, -0.2) is 4.39 Å². The summed E-state index contributed by atoms with van der Waals surface area (Å²) in [5.41, 5.74) is 2.68. The number of hydrogen-bond acceptors (Lipinski definition) is 6. The Morgan fingerprint density at radius 3 is 2.28 bits per heavy atom. The summed E-state index contributed by atoms with van der Waals surface area (Å²) in [5, 5.41) is 1.06. The number of amides is 2. The molecule has 3 aromatic rings. The molecule has 3 heterocycles. The number of carbonyl (C=O) groups excluding carboxylic acids is 2. The van der Waals surface area contributed by atoms with Crippen LogP contribution in [0.4, 0.5) is 15.8 Å². The minimum absolute atomic E-state index is 0.00476. The monoisotopic (exact) mass is 521 g/mol. The Hall–Kier alpha value is -2.91. The highest BCUT2D eigenvalue weighted by molar-refractivity contribution is 8.00. The van der Waals surface area contributed by atoms with E-state index in [0.717, 1.165) is 27.6 Å². The molecule has 2 amide bonds. The molecule has 2 saturated carbocycles. The number of aromatic amines is 1. The summed E-state index contributed by atoms with van der Waals surface area (Å²) >= 11 is 2.95. The fraction of sp³-hybridized carbons (Fsp3) is 0.370. The SMILES string of the molecule is CN(C)c1ccc([C@@H]2c3sc(=O)[nH]c3S[C@@H]3[C@H]4C[C@@H]([C@@H]5C(=O)N(c6ccc(F)cc6)C(=O)[C@H]45)[C@H]23)cc1. The second kappa shape index (κ2) is 7.79. The van der Waals surface area contributed by atoms with Crippen LogP contribution in [-0.4, -0.2) is 36.1 Å². The van der Waals surface area contributed by atoms with Crippen LogP contribution < -0.4 is 14.7 Å². The quantitative estimate of drug-likeness (QED) is 0.520. The van der Waals surface area contributed by atoms with E-state index in [1.54, 1.807) is 11.8 Å². The summed E-state index contributed by atoms with van der Waals surface area (Å²) in [7, 11) is 4.01. The molecule has 184 valence electrons. The summed E-state index contributed by atoms with van der Waals surface area (Å²) < 4.78 is 13.5. The number of nitrogens with zero attached hydrogens (tertiary/aromatic N) is 2. The molecule has 1 N–H and O–H groups in total. The van der Waals surface area contributed by atoms with Crippen LogP contribution in [0.25, 0.3) is 0 Å². The molecule has 36 heavy (non-hydrogen) atoms. The molecule has 2 aliphatic carbocycles. The molecule has 0 spiro atoms. The Balaban J connectivity index is 1.31. The number of rotatable bonds is 3. The molecule has 9 heteroatoms. The fourth-order valence-corrected chi connectivity index (χ4v) is 10.1. The predicted molar refractivity (Wildman–Crippen MR) is 138 cm³/mol.